The van der Waals surface area contributed by atoms with Crippen LogP contribution >= 0.6 is 0 Å². The number of nitrogens with zero attached hydrogens (tertiary/aromatic N) is 2. The van der Waals surface area contributed by atoms with E-state index in [9.17, 15) is 19.6 Å². The summed E-state index contributed by atoms with van der Waals surface area (Å²) in [6.45, 7) is 1.98. The topological polar surface area (TPSA) is 105 Å². The largest absolute Gasteiger partial charge is 0.492 e. The molecular formula is C12H11N3O4. The highest BCUT2D eigenvalue weighted by atomic mass is 16.3. The summed E-state index contributed by atoms with van der Waals surface area (Å²) in [5.74, 6) is -0.770. The van der Waals surface area contributed by atoms with E-state index in [-0.39, 0.29) is 0 Å². The summed E-state index contributed by atoms with van der Waals surface area (Å²) in [5, 5.41) is 12.2. The molecular weight excluding hydrogens is 250 g/mol. The molecule has 2 rings (SSSR count). The average molecular weight is 261 g/mol. The number of aromatic nitrogens is 2. The van der Waals surface area contributed by atoms with E-state index in [0.29, 0.717) is 5.69 Å². The van der Waals surface area contributed by atoms with E-state index in [0.717, 1.165) is 16.6 Å². The maximum Gasteiger partial charge on any atom is 0.335 e. The first kappa shape index (κ1) is 12.7. The van der Waals surface area contributed by atoms with Gasteiger partial charge in [-0.25, -0.2) is 9.36 Å². The molecule has 0 saturated carbocycles. The van der Waals surface area contributed by atoms with Crippen molar-refractivity contribution in [3.63, 3.8) is 0 Å². The number of aromatic amines is 1. The number of nitrogens with one attached hydrogen (secondary N) is 1. The third-order valence-corrected chi connectivity index (χ3v) is 2.76. The van der Waals surface area contributed by atoms with Crippen molar-refractivity contribution in [3.8, 4) is 11.6 Å². The lowest BCUT2D eigenvalue weighted by Gasteiger charge is -2.08. The smallest absolute Gasteiger partial charge is 0.335 e. The van der Waals surface area contributed by atoms with E-state index in [2.05, 4.69) is 5.18 Å². The van der Waals surface area contributed by atoms with Crippen LogP contribution in [0.4, 0.5) is 5.69 Å². The molecule has 1 aromatic heterocycles. The SMILES string of the molecule is CCc1ccc(-n2c(O)c(N=O)c(=O)[nH]c2=O)cc1. The van der Waals surface area contributed by atoms with Gasteiger partial charge in [0.15, 0.2) is 0 Å². The second-order valence-electron chi connectivity index (χ2n) is 3.88. The number of aromatic hydroxyl groups is 1. The number of benzene rings is 1. The molecule has 0 aliphatic heterocycles. The van der Waals surface area contributed by atoms with Crippen molar-refractivity contribution in [3.05, 3.63) is 55.6 Å². The fraction of sp³-hybridized carbons (Fsp3) is 0.167. The Hall–Kier alpha value is -2.70. The standard InChI is InChI=1S/C12H11N3O4/c1-2-7-3-5-8(6-4-7)15-11(17)9(14-19)10(16)13-12(15)18/h3-6,17H,2H2,1H3,(H,13,16,18). The normalized spacial score (nSPS) is 10.4. The molecule has 2 aromatic rings. The zero-order valence-electron chi connectivity index (χ0n) is 10.1. The van der Waals surface area contributed by atoms with E-state index in [1.807, 2.05) is 11.9 Å². The lowest BCUT2D eigenvalue weighted by Crippen LogP contribution is -2.28. The van der Waals surface area contributed by atoms with Crippen LogP contribution in [0.25, 0.3) is 5.69 Å². The zero-order chi connectivity index (χ0) is 14.0. The van der Waals surface area contributed by atoms with Crippen LogP contribution in [0.2, 0.25) is 0 Å². The number of H-pyrrole nitrogens is 1. The van der Waals surface area contributed by atoms with Gasteiger partial charge in [-0.05, 0) is 29.3 Å². The van der Waals surface area contributed by atoms with Crippen molar-refractivity contribution in [1.82, 2.24) is 9.55 Å². The Labute approximate surface area is 107 Å². The van der Waals surface area contributed by atoms with Gasteiger partial charge in [0.1, 0.15) is 0 Å². The number of hydrogen-bond acceptors (Lipinski definition) is 5. The van der Waals surface area contributed by atoms with Gasteiger partial charge in [-0.2, -0.15) is 0 Å². The second kappa shape index (κ2) is 4.89. The fourth-order valence-corrected chi connectivity index (χ4v) is 1.72. The van der Waals surface area contributed by atoms with Gasteiger partial charge in [0.25, 0.3) is 5.56 Å². The molecule has 0 amide bonds. The lowest BCUT2D eigenvalue weighted by molar-refractivity contribution is 0.433. The summed E-state index contributed by atoms with van der Waals surface area (Å²) >= 11 is 0. The maximum atomic E-state index is 11.7. The minimum atomic E-state index is -1.01. The van der Waals surface area contributed by atoms with Crippen molar-refractivity contribution in [2.75, 3.05) is 0 Å². The minimum absolute atomic E-state index is 0.334. The Morgan fingerprint density at radius 3 is 2.42 bits per heavy atom. The Bertz CT molecular complexity index is 728. The Morgan fingerprint density at radius 1 is 1.26 bits per heavy atom. The predicted octanol–water partition coefficient (Wildman–Crippen LogP) is 1.19. The summed E-state index contributed by atoms with van der Waals surface area (Å²) in [7, 11) is 0. The monoisotopic (exact) mass is 261 g/mol. The van der Waals surface area contributed by atoms with E-state index in [1.165, 1.54) is 0 Å². The van der Waals surface area contributed by atoms with Crippen LogP contribution in [0.15, 0.2) is 39.0 Å². The predicted molar refractivity (Wildman–Crippen MR) is 69.2 cm³/mol. The van der Waals surface area contributed by atoms with Gasteiger partial charge in [-0.15, -0.1) is 4.91 Å². The van der Waals surface area contributed by atoms with E-state index < -0.39 is 22.8 Å². The van der Waals surface area contributed by atoms with Crippen molar-refractivity contribution in [2.24, 2.45) is 5.18 Å². The summed E-state index contributed by atoms with van der Waals surface area (Å²) in [6.07, 6.45) is 0.827. The van der Waals surface area contributed by atoms with Gasteiger partial charge < -0.3 is 5.11 Å². The van der Waals surface area contributed by atoms with Gasteiger partial charge >= 0.3 is 5.69 Å². The molecule has 7 heteroatoms. The van der Waals surface area contributed by atoms with Crippen molar-refractivity contribution >= 4 is 5.69 Å². The van der Waals surface area contributed by atoms with Gasteiger partial charge in [-0.3, -0.25) is 9.78 Å². The molecule has 0 spiro atoms. The minimum Gasteiger partial charge on any atom is -0.492 e. The highest BCUT2D eigenvalue weighted by molar-refractivity contribution is 5.49. The molecule has 0 radical (unpaired) electrons. The third kappa shape index (κ3) is 2.17. The molecule has 0 unspecified atom stereocenters. The van der Waals surface area contributed by atoms with Crippen molar-refractivity contribution in [1.29, 1.82) is 0 Å². The van der Waals surface area contributed by atoms with Gasteiger partial charge in [0.2, 0.25) is 11.6 Å². The molecule has 0 saturated heterocycles. The molecule has 98 valence electrons. The molecule has 2 N–H and O–H groups in total. The van der Waals surface area contributed by atoms with Gasteiger partial charge in [-0.1, -0.05) is 19.1 Å². The molecule has 0 fully saturated rings. The van der Waals surface area contributed by atoms with Crippen LogP contribution in [0.1, 0.15) is 12.5 Å². The number of hydrogen-bond donors (Lipinski definition) is 2. The lowest BCUT2D eigenvalue weighted by atomic mass is 10.1. The first-order valence-electron chi connectivity index (χ1n) is 5.59. The summed E-state index contributed by atoms with van der Waals surface area (Å²) in [4.78, 5) is 35.4. The fourth-order valence-electron chi connectivity index (χ4n) is 1.72. The molecule has 0 aliphatic carbocycles. The van der Waals surface area contributed by atoms with Crippen LogP contribution < -0.4 is 11.2 Å². The van der Waals surface area contributed by atoms with Crippen molar-refractivity contribution in [2.45, 2.75) is 13.3 Å². The van der Waals surface area contributed by atoms with Gasteiger partial charge in [0.05, 0.1) is 5.69 Å². The molecule has 0 bridgehead atoms. The molecule has 1 aromatic carbocycles. The molecule has 0 aliphatic rings. The first-order valence-corrected chi connectivity index (χ1v) is 5.59. The summed E-state index contributed by atoms with van der Waals surface area (Å²) in [6, 6.07) is 6.76. The number of rotatable bonds is 3. The molecule has 0 atom stereocenters. The van der Waals surface area contributed by atoms with Crippen LogP contribution in [0, 0.1) is 4.91 Å². The quantitative estimate of drug-likeness (QED) is 0.809. The summed E-state index contributed by atoms with van der Waals surface area (Å²) < 4.78 is 0.817. The second-order valence-corrected chi connectivity index (χ2v) is 3.88. The zero-order valence-corrected chi connectivity index (χ0v) is 10.1. The summed E-state index contributed by atoms with van der Waals surface area (Å²) in [5.41, 5.74) is -1.19. The molecule has 1 heterocycles. The van der Waals surface area contributed by atoms with Crippen LogP contribution in [0.5, 0.6) is 5.88 Å². The van der Waals surface area contributed by atoms with Gasteiger partial charge in [0, 0.05) is 0 Å². The maximum absolute atomic E-state index is 11.7. The Kier molecular flexibility index (Phi) is 3.28. The highest BCUT2D eigenvalue weighted by Crippen LogP contribution is 2.22. The van der Waals surface area contributed by atoms with E-state index in [1.54, 1.807) is 24.3 Å². The van der Waals surface area contributed by atoms with Crippen molar-refractivity contribution < 1.29 is 5.11 Å². The number of aryl methyl sites for hydroxylation is 1. The molecule has 7 nitrogen and oxygen atoms in total. The molecule has 19 heavy (non-hydrogen) atoms. The average Bonchev–Trinajstić information content (AvgIpc) is 2.39. The van der Waals surface area contributed by atoms with Crippen LogP contribution in [-0.4, -0.2) is 14.7 Å². The third-order valence-electron chi connectivity index (χ3n) is 2.76. The highest BCUT2D eigenvalue weighted by Gasteiger charge is 2.15. The van der Waals surface area contributed by atoms with E-state index >= 15 is 0 Å². The van der Waals surface area contributed by atoms with E-state index in [4.69, 9.17) is 0 Å². The Balaban J connectivity index is 2.71. The Morgan fingerprint density at radius 2 is 1.89 bits per heavy atom. The van der Waals surface area contributed by atoms with Crippen LogP contribution in [0.3, 0.4) is 0 Å². The first-order chi connectivity index (χ1) is 9.08. The van der Waals surface area contributed by atoms with Crippen LogP contribution in [-0.2, 0) is 6.42 Å². The number of nitroso groups, excluding NO2 is 1.